The molecule has 1 saturated carbocycles. The lowest BCUT2D eigenvalue weighted by Crippen LogP contribution is -2.37. The van der Waals surface area contributed by atoms with Crippen LogP contribution in [0.5, 0.6) is 0 Å². The van der Waals surface area contributed by atoms with E-state index in [4.69, 9.17) is 9.72 Å². The van der Waals surface area contributed by atoms with Gasteiger partial charge < -0.3 is 9.64 Å². The first kappa shape index (κ1) is 17.7. The molecular formula is C21H34N2O. The quantitative estimate of drug-likeness (QED) is 0.641. The fraction of sp³-hybridized carbons (Fsp3) is 0.762. The van der Waals surface area contributed by atoms with Crippen LogP contribution in [-0.2, 0) is 11.2 Å². The van der Waals surface area contributed by atoms with Crippen LogP contribution in [0.3, 0.4) is 0 Å². The number of anilines is 1. The van der Waals surface area contributed by atoms with Gasteiger partial charge in [0.25, 0.3) is 0 Å². The molecule has 24 heavy (non-hydrogen) atoms. The van der Waals surface area contributed by atoms with Gasteiger partial charge >= 0.3 is 0 Å². The van der Waals surface area contributed by atoms with Crippen LogP contribution in [-0.4, -0.2) is 31.3 Å². The molecule has 3 heteroatoms. The molecule has 0 N–H and O–H groups in total. The van der Waals surface area contributed by atoms with Crippen molar-refractivity contribution in [3.8, 4) is 0 Å². The van der Waals surface area contributed by atoms with Crippen molar-refractivity contribution in [1.29, 1.82) is 0 Å². The zero-order chi connectivity index (χ0) is 16.8. The van der Waals surface area contributed by atoms with E-state index in [1.54, 1.807) is 5.56 Å². The van der Waals surface area contributed by atoms with Crippen molar-refractivity contribution in [2.24, 2.45) is 5.92 Å². The number of hydrogen-bond donors (Lipinski definition) is 0. The molecule has 1 saturated heterocycles. The number of rotatable bonds is 9. The first-order valence-electron chi connectivity index (χ1n) is 10.1. The van der Waals surface area contributed by atoms with Crippen LogP contribution < -0.4 is 4.90 Å². The Bertz CT molecular complexity index is 507. The Morgan fingerprint density at radius 3 is 2.58 bits per heavy atom. The van der Waals surface area contributed by atoms with Gasteiger partial charge in [-0.3, -0.25) is 0 Å². The van der Waals surface area contributed by atoms with Gasteiger partial charge in [0.1, 0.15) is 5.82 Å². The number of hydrogen-bond acceptors (Lipinski definition) is 3. The summed E-state index contributed by atoms with van der Waals surface area (Å²) in [5.41, 5.74) is 2.95. The van der Waals surface area contributed by atoms with E-state index in [1.165, 1.54) is 62.9 Å². The van der Waals surface area contributed by atoms with Crippen LogP contribution in [0.1, 0.15) is 76.0 Å². The maximum absolute atomic E-state index is 5.49. The van der Waals surface area contributed by atoms with E-state index in [0.29, 0.717) is 5.92 Å². The average Bonchev–Trinajstić information content (AvgIpc) is 3.43. The Morgan fingerprint density at radius 2 is 1.92 bits per heavy atom. The summed E-state index contributed by atoms with van der Waals surface area (Å²) in [6.45, 7) is 8.22. The second-order valence-corrected chi connectivity index (χ2v) is 7.58. The zero-order valence-corrected chi connectivity index (χ0v) is 15.6. The molecule has 2 fully saturated rings. The summed E-state index contributed by atoms with van der Waals surface area (Å²) >= 11 is 0. The number of ether oxygens (including phenoxy) is 1. The second-order valence-electron chi connectivity index (χ2n) is 7.58. The van der Waals surface area contributed by atoms with Gasteiger partial charge in [0.15, 0.2) is 0 Å². The third kappa shape index (κ3) is 4.72. The molecule has 3 nitrogen and oxygen atoms in total. The van der Waals surface area contributed by atoms with Gasteiger partial charge in [-0.15, -0.1) is 0 Å². The molecule has 1 aromatic heterocycles. The monoisotopic (exact) mass is 330 g/mol. The lowest BCUT2D eigenvalue weighted by Gasteiger charge is -2.29. The van der Waals surface area contributed by atoms with E-state index < -0.39 is 0 Å². The standard InChI is InChI=1S/C21H34N2O/c1-3-5-7-18(6-4-2)19-10-11-21(23-12-14-24-15-13-23)22-20(19)16-17-8-9-17/h10-11,17-18H,3-9,12-16H2,1-2H3. The van der Waals surface area contributed by atoms with Crippen LogP contribution in [0.2, 0.25) is 0 Å². The summed E-state index contributed by atoms with van der Waals surface area (Å²) in [6, 6.07) is 4.68. The molecule has 2 heterocycles. The van der Waals surface area contributed by atoms with Gasteiger partial charge in [0.2, 0.25) is 0 Å². The summed E-state index contributed by atoms with van der Waals surface area (Å²) in [4.78, 5) is 7.55. The first-order valence-corrected chi connectivity index (χ1v) is 10.1. The predicted molar refractivity (Wildman–Crippen MR) is 101 cm³/mol. The molecule has 134 valence electrons. The number of unbranched alkanes of at least 4 members (excludes halogenated alkanes) is 1. The van der Waals surface area contributed by atoms with Crippen LogP contribution in [0.4, 0.5) is 5.82 Å². The van der Waals surface area contributed by atoms with Crippen molar-refractivity contribution in [2.45, 2.75) is 71.1 Å². The molecular weight excluding hydrogens is 296 g/mol. The van der Waals surface area contributed by atoms with E-state index in [2.05, 4.69) is 30.9 Å². The molecule has 0 amide bonds. The number of aromatic nitrogens is 1. The molecule has 1 aliphatic heterocycles. The number of pyridine rings is 1. The van der Waals surface area contributed by atoms with Crippen LogP contribution in [0, 0.1) is 5.92 Å². The van der Waals surface area contributed by atoms with Crippen molar-refractivity contribution < 1.29 is 4.74 Å². The molecule has 0 bridgehead atoms. The smallest absolute Gasteiger partial charge is 0.128 e. The van der Waals surface area contributed by atoms with E-state index in [0.717, 1.165) is 32.2 Å². The van der Waals surface area contributed by atoms with E-state index >= 15 is 0 Å². The van der Waals surface area contributed by atoms with Crippen molar-refractivity contribution >= 4 is 5.82 Å². The maximum atomic E-state index is 5.49. The topological polar surface area (TPSA) is 25.4 Å². The van der Waals surface area contributed by atoms with Crippen molar-refractivity contribution in [3.63, 3.8) is 0 Å². The van der Waals surface area contributed by atoms with Crippen molar-refractivity contribution in [1.82, 2.24) is 4.98 Å². The molecule has 3 rings (SSSR count). The highest BCUT2D eigenvalue weighted by Crippen LogP contribution is 2.37. The van der Waals surface area contributed by atoms with Gasteiger partial charge in [0, 0.05) is 18.8 Å². The molecule has 1 aromatic rings. The minimum absolute atomic E-state index is 0.704. The Kier molecular flexibility index (Phi) is 6.53. The highest BCUT2D eigenvalue weighted by molar-refractivity contribution is 5.43. The number of morpholine rings is 1. The molecule has 2 aliphatic rings. The number of nitrogens with zero attached hydrogens (tertiary/aromatic N) is 2. The molecule has 1 unspecified atom stereocenters. The summed E-state index contributed by atoms with van der Waals surface area (Å²) < 4.78 is 5.49. The first-order chi connectivity index (χ1) is 11.8. The fourth-order valence-corrected chi connectivity index (χ4v) is 3.85. The lowest BCUT2D eigenvalue weighted by atomic mass is 9.87. The largest absolute Gasteiger partial charge is 0.378 e. The zero-order valence-electron chi connectivity index (χ0n) is 15.6. The Balaban J connectivity index is 1.82. The van der Waals surface area contributed by atoms with Gasteiger partial charge in [-0.05, 0) is 55.6 Å². The normalized spacial score (nSPS) is 19.5. The third-order valence-corrected chi connectivity index (χ3v) is 5.49. The maximum Gasteiger partial charge on any atom is 0.128 e. The van der Waals surface area contributed by atoms with Gasteiger partial charge in [-0.25, -0.2) is 4.98 Å². The second kappa shape index (κ2) is 8.84. The molecule has 0 aromatic carbocycles. The van der Waals surface area contributed by atoms with Gasteiger partial charge in [0.05, 0.1) is 13.2 Å². The SMILES string of the molecule is CCCCC(CCC)c1ccc(N2CCOCC2)nc1CC1CC1. The lowest BCUT2D eigenvalue weighted by molar-refractivity contribution is 0.122. The molecule has 1 aliphatic carbocycles. The third-order valence-electron chi connectivity index (χ3n) is 5.49. The van der Waals surface area contributed by atoms with E-state index in [1.807, 2.05) is 0 Å². The summed E-state index contributed by atoms with van der Waals surface area (Å²) in [5.74, 6) is 2.77. The van der Waals surface area contributed by atoms with Gasteiger partial charge in [-0.1, -0.05) is 39.2 Å². The highest BCUT2D eigenvalue weighted by Gasteiger charge is 2.26. The van der Waals surface area contributed by atoms with Crippen LogP contribution in [0.25, 0.3) is 0 Å². The minimum atomic E-state index is 0.704. The average molecular weight is 331 g/mol. The molecule has 1 atom stereocenters. The fourth-order valence-electron chi connectivity index (χ4n) is 3.85. The minimum Gasteiger partial charge on any atom is -0.378 e. The van der Waals surface area contributed by atoms with Gasteiger partial charge in [-0.2, -0.15) is 0 Å². The Morgan fingerprint density at radius 1 is 1.12 bits per heavy atom. The van der Waals surface area contributed by atoms with Crippen molar-refractivity contribution in [3.05, 3.63) is 23.4 Å². The highest BCUT2D eigenvalue weighted by atomic mass is 16.5. The summed E-state index contributed by atoms with van der Waals surface area (Å²) in [6.07, 6.45) is 10.5. The summed E-state index contributed by atoms with van der Waals surface area (Å²) in [5, 5.41) is 0. The van der Waals surface area contributed by atoms with E-state index in [9.17, 15) is 0 Å². The molecule has 0 spiro atoms. The Labute approximate surface area is 147 Å². The van der Waals surface area contributed by atoms with Crippen molar-refractivity contribution in [2.75, 3.05) is 31.2 Å². The predicted octanol–water partition coefficient (Wildman–Crippen LogP) is 4.94. The molecule has 0 radical (unpaired) electrons. The Hall–Kier alpha value is -1.09. The van der Waals surface area contributed by atoms with E-state index in [-0.39, 0.29) is 0 Å². The van der Waals surface area contributed by atoms with Crippen LogP contribution >= 0.6 is 0 Å². The van der Waals surface area contributed by atoms with Crippen LogP contribution in [0.15, 0.2) is 12.1 Å². The summed E-state index contributed by atoms with van der Waals surface area (Å²) in [7, 11) is 0.